The average molecular weight is 270 g/mol. The molecule has 4 unspecified atom stereocenters. The summed E-state index contributed by atoms with van der Waals surface area (Å²) in [6.07, 6.45) is 7.67. The summed E-state index contributed by atoms with van der Waals surface area (Å²) in [5.74, 6) is 1.62. The number of carbonyl (C=O) groups excluding carboxylic acids is 1. The molecule has 0 aromatic carbocycles. The fourth-order valence-electron chi connectivity index (χ4n) is 3.24. The Labute approximate surface area is 115 Å². The summed E-state index contributed by atoms with van der Waals surface area (Å²) >= 11 is 2.03. The number of hydrogen-bond acceptors (Lipinski definition) is 3. The van der Waals surface area contributed by atoms with Gasteiger partial charge in [-0.2, -0.15) is 11.8 Å². The number of nitrogens with two attached hydrogens (primary N) is 1. The monoisotopic (exact) mass is 270 g/mol. The van der Waals surface area contributed by atoms with Crippen molar-refractivity contribution in [1.82, 2.24) is 5.32 Å². The highest BCUT2D eigenvalue weighted by Crippen LogP contribution is 2.30. The summed E-state index contributed by atoms with van der Waals surface area (Å²) in [5.41, 5.74) is 5.95. The molecule has 104 valence electrons. The largest absolute Gasteiger partial charge is 0.353 e. The highest BCUT2D eigenvalue weighted by atomic mass is 32.2. The first-order chi connectivity index (χ1) is 8.69. The zero-order chi connectivity index (χ0) is 13.0. The molecule has 3 nitrogen and oxygen atoms in total. The number of nitrogens with one attached hydrogen (secondary N) is 1. The van der Waals surface area contributed by atoms with Crippen LogP contribution in [0.1, 0.15) is 51.9 Å². The van der Waals surface area contributed by atoms with Crippen molar-refractivity contribution in [2.75, 3.05) is 5.75 Å². The molecule has 2 aliphatic carbocycles. The van der Waals surface area contributed by atoms with E-state index in [4.69, 9.17) is 5.73 Å². The van der Waals surface area contributed by atoms with Crippen LogP contribution >= 0.6 is 11.8 Å². The Bertz CT molecular complexity index is 285. The minimum absolute atomic E-state index is 0.173. The Kier molecular flexibility index (Phi) is 5.37. The van der Waals surface area contributed by atoms with Crippen molar-refractivity contribution in [1.29, 1.82) is 0 Å². The predicted molar refractivity (Wildman–Crippen MR) is 77.6 cm³/mol. The van der Waals surface area contributed by atoms with Crippen LogP contribution in [0.3, 0.4) is 0 Å². The quantitative estimate of drug-likeness (QED) is 0.824. The van der Waals surface area contributed by atoms with Crippen LogP contribution in [0.25, 0.3) is 0 Å². The fourth-order valence-corrected chi connectivity index (χ4v) is 4.39. The van der Waals surface area contributed by atoms with Crippen molar-refractivity contribution >= 4 is 17.7 Å². The van der Waals surface area contributed by atoms with Gasteiger partial charge in [-0.3, -0.25) is 4.79 Å². The lowest BCUT2D eigenvalue weighted by Crippen LogP contribution is -2.41. The smallest absolute Gasteiger partial charge is 0.223 e. The molecule has 0 saturated heterocycles. The molecule has 4 heteroatoms. The van der Waals surface area contributed by atoms with Gasteiger partial charge >= 0.3 is 0 Å². The normalized spacial score (nSPS) is 36.6. The average Bonchev–Trinajstić information content (AvgIpc) is 2.77. The van der Waals surface area contributed by atoms with Crippen LogP contribution in [0.2, 0.25) is 0 Å². The van der Waals surface area contributed by atoms with Crippen molar-refractivity contribution in [2.24, 2.45) is 11.7 Å². The molecule has 3 N–H and O–H groups in total. The molecule has 0 spiro atoms. The Morgan fingerprint density at radius 3 is 2.83 bits per heavy atom. The molecule has 2 rings (SSSR count). The topological polar surface area (TPSA) is 55.1 Å². The molecule has 2 saturated carbocycles. The summed E-state index contributed by atoms with van der Waals surface area (Å²) in [5, 5.41) is 4.01. The van der Waals surface area contributed by atoms with Crippen LogP contribution in [-0.4, -0.2) is 29.0 Å². The van der Waals surface area contributed by atoms with E-state index in [1.54, 1.807) is 0 Å². The van der Waals surface area contributed by atoms with Crippen LogP contribution in [-0.2, 0) is 4.79 Å². The van der Waals surface area contributed by atoms with E-state index in [9.17, 15) is 4.79 Å². The molecular formula is C14H26N2OS. The van der Waals surface area contributed by atoms with Gasteiger partial charge in [0.1, 0.15) is 0 Å². The SMILES string of the molecule is CCSC1CCC(NC(=O)C2CCCC(N)C2)C1. The predicted octanol–water partition coefficient (Wildman–Crippen LogP) is 2.29. The maximum Gasteiger partial charge on any atom is 0.223 e. The molecule has 2 aliphatic rings. The Morgan fingerprint density at radius 1 is 1.28 bits per heavy atom. The third-order valence-electron chi connectivity index (χ3n) is 4.22. The van der Waals surface area contributed by atoms with Crippen molar-refractivity contribution < 1.29 is 4.79 Å². The van der Waals surface area contributed by atoms with E-state index in [2.05, 4.69) is 12.2 Å². The van der Waals surface area contributed by atoms with E-state index >= 15 is 0 Å². The van der Waals surface area contributed by atoms with Crippen LogP contribution in [0.5, 0.6) is 0 Å². The molecule has 0 heterocycles. The highest BCUT2D eigenvalue weighted by Gasteiger charge is 2.30. The lowest BCUT2D eigenvalue weighted by atomic mass is 9.85. The van der Waals surface area contributed by atoms with Crippen molar-refractivity contribution in [2.45, 2.75) is 69.2 Å². The molecule has 0 aliphatic heterocycles. The summed E-state index contributed by atoms with van der Waals surface area (Å²) in [6, 6.07) is 0.654. The summed E-state index contributed by atoms with van der Waals surface area (Å²) in [7, 11) is 0. The Hall–Kier alpha value is -0.220. The number of amides is 1. The lowest BCUT2D eigenvalue weighted by molar-refractivity contribution is -0.126. The van der Waals surface area contributed by atoms with Gasteiger partial charge in [0.2, 0.25) is 5.91 Å². The van der Waals surface area contributed by atoms with Crippen molar-refractivity contribution in [3.8, 4) is 0 Å². The van der Waals surface area contributed by atoms with E-state index < -0.39 is 0 Å². The van der Waals surface area contributed by atoms with Gasteiger partial charge in [-0.15, -0.1) is 0 Å². The molecule has 2 fully saturated rings. The van der Waals surface area contributed by atoms with Crippen LogP contribution in [0.15, 0.2) is 0 Å². The molecule has 18 heavy (non-hydrogen) atoms. The van der Waals surface area contributed by atoms with Crippen molar-refractivity contribution in [3.63, 3.8) is 0 Å². The van der Waals surface area contributed by atoms with Gasteiger partial charge in [0.15, 0.2) is 0 Å². The third kappa shape index (κ3) is 3.89. The Balaban J connectivity index is 1.74. The second-order valence-corrected chi connectivity index (χ2v) is 7.30. The van der Waals surface area contributed by atoms with Gasteiger partial charge in [0, 0.05) is 23.3 Å². The lowest BCUT2D eigenvalue weighted by Gasteiger charge is -2.27. The molecule has 0 aromatic rings. The van der Waals surface area contributed by atoms with E-state index in [1.165, 1.54) is 12.2 Å². The third-order valence-corrected chi connectivity index (χ3v) is 5.45. The van der Waals surface area contributed by atoms with Gasteiger partial charge < -0.3 is 11.1 Å². The second kappa shape index (κ2) is 6.80. The molecule has 1 amide bonds. The van der Waals surface area contributed by atoms with E-state index in [-0.39, 0.29) is 17.9 Å². The number of carbonyl (C=O) groups is 1. The van der Waals surface area contributed by atoms with Crippen molar-refractivity contribution in [3.05, 3.63) is 0 Å². The van der Waals surface area contributed by atoms with Crippen LogP contribution in [0.4, 0.5) is 0 Å². The van der Waals surface area contributed by atoms with Gasteiger partial charge in [-0.05, 0) is 44.3 Å². The minimum Gasteiger partial charge on any atom is -0.353 e. The Morgan fingerprint density at radius 2 is 2.11 bits per heavy atom. The van der Waals surface area contributed by atoms with Gasteiger partial charge in [-0.25, -0.2) is 0 Å². The fraction of sp³-hybridized carbons (Fsp3) is 0.929. The van der Waals surface area contributed by atoms with E-state index in [0.29, 0.717) is 6.04 Å². The van der Waals surface area contributed by atoms with E-state index in [0.717, 1.165) is 43.8 Å². The molecular weight excluding hydrogens is 244 g/mol. The first-order valence-electron chi connectivity index (χ1n) is 7.36. The van der Waals surface area contributed by atoms with Crippen LogP contribution < -0.4 is 11.1 Å². The van der Waals surface area contributed by atoms with E-state index in [1.807, 2.05) is 11.8 Å². The summed E-state index contributed by atoms with van der Waals surface area (Å²) in [6.45, 7) is 2.21. The maximum atomic E-state index is 12.2. The highest BCUT2D eigenvalue weighted by molar-refractivity contribution is 7.99. The maximum absolute atomic E-state index is 12.2. The molecule has 0 radical (unpaired) electrons. The number of thioether (sulfide) groups is 1. The van der Waals surface area contributed by atoms with Gasteiger partial charge in [0.25, 0.3) is 0 Å². The molecule has 0 aromatic heterocycles. The van der Waals surface area contributed by atoms with Gasteiger partial charge in [-0.1, -0.05) is 13.3 Å². The standard InChI is InChI=1S/C14H26N2OS/c1-2-18-13-7-6-12(9-13)16-14(17)10-4-3-5-11(15)8-10/h10-13H,2-9,15H2,1H3,(H,16,17). The van der Waals surface area contributed by atoms with Crippen LogP contribution in [0, 0.1) is 5.92 Å². The number of rotatable bonds is 4. The molecule has 0 bridgehead atoms. The summed E-state index contributed by atoms with van der Waals surface area (Å²) in [4.78, 5) is 12.2. The first-order valence-corrected chi connectivity index (χ1v) is 8.41. The minimum atomic E-state index is 0.173. The zero-order valence-corrected chi connectivity index (χ0v) is 12.2. The number of hydrogen-bond donors (Lipinski definition) is 2. The van der Waals surface area contributed by atoms with Gasteiger partial charge in [0.05, 0.1) is 0 Å². The first kappa shape index (κ1) is 14.2. The second-order valence-electron chi connectivity index (χ2n) is 5.72. The molecule has 4 atom stereocenters. The zero-order valence-electron chi connectivity index (χ0n) is 11.4. The summed E-state index contributed by atoms with van der Waals surface area (Å²) < 4.78 is 0.